The maximum absolute atomic E-state index is 5.71. The van der Waals surface area contributed by atoms with Gasteiger partial charge in [0.25, 0.3) is 0 Å². The molecule has 1 aromatic carbocycles. The zero-order chi connectivity index (χ0) is 14.5. The predicted octanol–water partition coefficient (Wildman–Crippen LogP) is 2.41. The van der Waals surface area contributed by atoms with Crippen molar-refractivity contribution in [3.05, 3.63) is 47.3 Å². The van der Waals surface area contributed by atoms with Gasteiger partial charge in [0.2, 0.25) is 0 Å². The second kappa shape index (κ2) is 6.52. The summed E-state index contributed by atoms with van der Waals surface area (Å²) in [7, 11) is 0. The third-order valence-electron chi connectivity index (χ3n) is 2.98. The third-order valence-corrected chi connectivity index (χ3v) is 3.12. The van der Waals surface area contributed by atoms with Gasteiger partial charge in [-0.05, 0) is 37.6 Å². The largest absolute Gasteiger partial charge is 0.492 e. The number of nitrogens with two attached hydrogens (primary N) is 1. The van der Waals surface area contributed by atoms with Crippen molar-refractivity contribution in [3.63, 3.8) is 0 Å². The van der Waals surface area contributed by atoms with E-state index in [-0.39, 0.29) is 0 Å². The summed E-state index contributed by atoms with van der Waals surface area (Å²) in [5, 5.41) is 4.40. The highest BCUT2D eigenvalue weighted by Gasteiger charge is 2.01. The van der Waals surface area contributed by atoms with Gasteiger partial charge in [-0.25, -0.2) is 0 Å². The van der Waals surface area contributed by atoms with Gasteiger partial charge in [0.05, 0.1) is 17.2 Å². The molecule has 0 bridgehead atoms. The number of aromatic nitrogens is 2. The number of aryl methyl sites for hydroxylation is 2. The molecule has 0 aliphatic rings. The molecule has 0 saturated heterocycles. The van der Waals surface area contributed by atoms with Gasteiger partial charge in [0.15, 0.2) is 0 Å². The van der Waals surface area contributed by atoms with E-state index in [1.54, 1.807) is 0 Å². The van der Waals surface area contributed by atoms with Gasteiger partial charge in [-0.1, -0.05) is 24.4 Å². The van der Waals surface area contributed by atoms with Crippen molar-refractivity contribution in [1.29, 1.82) is 0 Å². The zero-order valence-electron chi connectivity index (χ0n) is 11.8. The van der Waals surface area contributed by atoms with Crippen molar-refractivity contribution in [2.45, 2.75) is 26.8 Å². The topological polar surface area (TPSA) is 53.1 Å². The second-order valence-corrected chi connectivity index (χ2v) is 5.31. The van der Waals surface area contributed by atoms with Crippen molar-refractivity contribution < 1.29 is 4.74 Å². The minimum Gasteiger partial charge on any atom is -0.492 e. The first-order chi connectivity index (χ1) is 9.54. The smallest absolute Gasteiger partial charge is 0.119 e. The van der Waals surface area contributed by atoms with Gasteiger partial charge in [-0.2, -0.15) is 5.10 Å². The molecule has 0 spiro atoms. The average Bonchev–Trinajstić information content (AvgIpc) is 2.69. The number of ether oxygens (including phenoxy) is 1. The van der Waals surface area contributed by atoms with Crippen molar-refractivity contribution in [3.8, 4) is 5.75 Å². The molecule has 2 N–H and O–H groups in total. The van der Waals surface area contributed by atoms with Gasteiger partial charge in [-0.15, -0.1) is 0 Å². The minimum atomic E-state index is 0.503. The van der Waals surface area contributed by atoms with Crippen LogP contribution in [0.2, 0.25) is 0 Å². The molecule has 5 heteroatoms. The van der Waals surface area contributed by atoms with E-state index in [2.05, 4.69) is 11.2 Å². The summed E-state index contributed by atoms with van der Waals surface area (Å²) < 4.78 is 7.66. The van der Waals surface area contributed by atoms with Crippen LogP contribution in [0.3, 0.4) is 0 Å². The molecule has 0 aliphatic carbocycles. The van der Waals surface area contributed by atoms with Gasteiger partial charge < -0.3 is 10.5 Å². The second-order valence-electron chi connectivity index (χ2n) is 4.79. The minimum absolute atomic E-state index is 0.503. The van der Waals surface area contributed by atoms with Gasteiger partial charge in [0, 0.05) is 12.1 Å². The third kappa shape index (κ3) is 4.06. The van der Waals surface area contributed by atoms with Crippen LogP contribution < -0.4 is 10.5 Å². The van der Waals surface area contributed by atoms with Crippen molar-refractivity contribution in [2.24, 2.45) is 5.73 Å². The molecule has 0 atom stereocenters. The number of hydrogen-bond acceptors (Lipinski definition) is 3. The van der Waals surface area contributed by atoms with Gasteiger partial charge >= 0.3 is 0 Å². The lowest BCUT2D eigenvalue weighted by molar-refractivity contribution is 0.289. The lowest BCUT2D eigenvalue weighted by Crippen LogP contribution is -2.11. The Hall–Kier alpha value is -1.88. The summed E-state index contributed by atoms with van der Waals surface area (Å²) in [5.74, 6) is 0.846. The van der Waals surface area contributed by atoms with Crippen LogP contribution in [0.25, 0.3) is 0 Å². The van der Waals surface area contributed by atoms with Crippen LogP contribution in [0.4, 0.5) is 0 Å². The maximum atomic E-state index is 5.71. The van der Waals surface area contributed by atoms with Crippen LogP contribution in [-0.4, -0.2) is 21.4 Å². The Morgan fingerprint density at radius 1 is 1.30 bits per heavy atom. The van der Waals surface area contributed by atoms with Crippen LogP contribution in [0, 0.1) is 13.8 Å². The van der Waals surface area contributed by atoms with Crippen LogP contribution >= 0.6 is 12.2 Å². The Bertz CT molecular complexity index is 590. The summed E-state index contributed by atoms with van der Waals surface area (Å²) >= 11 is 4.89. The normalized spacial score (nSPS) is 10.5. The molecule has 0 radical (unpaired) electrons. The Morgan fingerprint density at radius 3 is 2.55 bits per heavy atom. The van der Waals surface area contributed by atoms with Crippen LogP contribution in [0.15, 0.2) is 30.3 Å². The van der Waals surface area contributed by atoms with Crippen LogP contribution in [-0.2, 0) is 13.0 Å². The van der Waals surface area contributed by atoms with Gasteiger partial charge in [-0.3, -0.25) is 4.68 Å². The van der Waals surface area contributed by atoms with Crippen LogP contribution in [0.1, 0.15) is 17.0 Å². The monoisotopic (exact) mass is 289 g/mol. The molecule has 2 aromatic rings. The van der Waals surface area contributed by atoms with E-state index in [0.717, 1.165) is 29.2 Å². The van der Waals surface area contributed by atoms with E-state index in [9.17, 15) is 0 Å². The Morgan fingerprint density at radius 2 is 2.00 bits per heavy atom. The summed E-state index contributed by atoms with van der Waals surface area (Å²) in [5.41, 5.74) is 8.80. The van der Waals surface area contributed by atoms with Crippen molar-refractivity contribution in [1.82, 2.24) is 9.78 Å². The Labute approximate surface area is 124 Å². The molecular formula is C15H19N3OS. The van der Waals surface area contributed by atoms with E-state index in [4.69, 9.17) is 22.7 Å². The number of hydrogen-bond donors (Lipinski definition) is 1. The molecule has 4 nitrogen and oxygen atoms in total. The van der Waals surface area contributed by atoms with E-state index >= 15 is 0 Å². The number of benzene rings is 1. The molecular weight excluding hydrogens is 270 g/mol. The molecule has 2 rings (SSSR count). The van der Waals surface area contributed by atoms with Crippen LogP contribution in [0.5, 0.6) is 5.75 Å². The van der Waals surface area contributed by atoms with E-state index < -0.39 is 0 Å². The highest BCUT2D eigenvalue weighted by Crippen LogP contribution is 2.13. The molecule has 20 heavy (non-hydrogen) atoms. The summed E-state index contributed by atoms with van der Waals surface area (Å²) in [4.78, 5) is 0.503. The molecule has 0 amide bonds. The van der Waals surface area contributed by atoms with E-state index in [0.29, 0.717) is 18.0 Å². The quantitative estimate of drug-likeness (QED) is 0.830. The lowest BCUT2D eigenvalue weighted by atomic mass is 10.1. The van der Waals surface area contributed by atoms with Crippen molar-refractivity contribution >= 4 is 17.2 Å². The number of nitrogens with zero attached hydrogens (tertiary/aromatic N) is 2. The number of thiocarbonyl (C=S) groups is 1. The fourth-order valence-electron chi connectivity index (χ4n) is 2.06. The molecule has 0 unspecified atom stereocenters. The van der Waals surface area contributed by atoms with Gasteiger partial charge in [0.1, 0.15) is 12.4 Å². The Kier molecular flexibility index (Phi) is 4.74. The molecule has 106 valence electrons. The first-order valence-corrected chi connectivity index (χ1v) is 6.96. The average molecular weight is 289 g/mol. The number of rotatable bonds is 6. The standard InChI is InChI=1S/C15H19N3OS/c1-11-9-12(2)18(17-11)7-8-19-14-5-3-13(4-6-14)10-15(16)20/h3-6,9H,7-8,10H2,1-2H3,(H2,16,20). The van der Waals surface area contributed by atoms with E-state index in [1.807, 2.05) is 42.8 Å². The molecule has 0 fully saturated rings. The summed E-state index contributed by atoms with van der Waals surface area (Å²) in [6.45, 7) is 5.38. The summed E-state index contributed by atoms with van der Waals surface area (Å²) in [6, 6.07) is 9.91. The SMILES string of the molecule is Cc1cc(C)n(CCOc2ccc(CC(N)=S)cc2)n1. The Balaban J connectivity index is 1.85. The fraction of sp³-hybridized carbons (Fsp3) is 0.333. The van der Waals surface area contributed by atoms with E-state index in [1.165, 1.54) is 0 Å². The molecule has 1 aromatic heterocycles. The maximum Gasteiger partial charge on any atom is 0.119 e. The first kappa shape index (κ1) is 14.5. The predicted molar refractivity (Wildman–Crippen MR) is 84.1 cm³/mol. The van der Waals surface area contributed by atoms with Crippen molar-refractivity contribution in [2.75, 3.05) is 6.61 Å². The zero-order valence-corrected chi connectivity index (χ0v) is 12.6. The molecule has 1 heterocycles. The highest BCUT2D eigenvalue weighted by molar-refractivity contribution is 7.80. The molecule has 0 aliphatic heterocycles. The first-order valence-electron chi connectivity index (χ1n) is 6.55. The fourth-order valence-corrected chi connectivity index (χ4v) is 2.22. The lowest BCUT2D eigenvalue weighted by Gasteiger charge is -2.08. The highest BCUT2D eigenvalue weighted by atomic mass is 32.1. The summed E-state index contributed by atoms with van der Waals surface area (Å²) in [6.07, 6.45) is 0.626. The molecule has 0 saturated carbocycles.